The Hall–Kier alpha value is -2.35. The third kappa shape index (κ3) is 2.54. The van der Waals surface area contributed by atoms with Crippen LogP contribution in [0, 0.1) is 22.0 Å². The second-order valence-corrected chi connectivity index (χ2v) is 2.53. The summed E-state index contributed by atoms with van der Waals surface area (Å²) in [5, 5.41) is 10.6. The summed E-state index contributed by atoms with van der Waals surface area (Å²) in [4.78, 5) is 20.0. The quantitative estimate of drug-likeness (QED) is 0.314. The fourth-order valence-corrected chi connectivity index (χ4v) is 1.02. The minimum absolute atomic E-state index is 0.164. The van der Waals surface area contributed by atoms with Crippen LogP contribution in [0.5, 0.6) is 5.75 Å². The maximum Gasteiger partial charge on any atom is 0.312 e. The first kappa shape index (κ1) is 10.7. The van der Waals surface area contributed by atoms with Crippen LogP contribution in [-0.4, -0.2) is 18.3 Å². The van der Waals surface area contributed by atoms with Gasteiger partial charge in [-0.15, -0.1) is 0 Å². The maximum atomic E-state index is 10.6. The van der Waals surface area contributed by atoms with Gasteiger partial charge in [0.25, 0.3) is 0 Å². The molecule has 0 amide bonds. The third-order valence-corrected chi connectivity index (χ3v) is 1.65. The summed E-state index contributed by atoms with van der Waals surface area (Å²) >= 11 is 0. The molecule has 1 aromatic rings. The monoisotopic (exact) mass is 205 g/mol. The molecule has 5 heteroatoms. The summed E-state index contributed by atoms with van der Waals surface area (Å²) in [7, 11) is 1.35. The molecule has 15 heavy (non-hydrogen) atoms. The highest BCUT2D eigenvalue weighted by Gasteiger charge is 2.14. The molecule has 5 nitrogen and oxygen atoms in total. The zero-order valence-corrected chi connectivity index (χ0v) is 7.89. The highest BCUT2D eigenvalue weighted by Crippen LogP contribution is 2.26. The van der Waals surface area contributed by atoms with Crippen molar-refractivity contribution >= 4 is 12.0 Å². The molecule has 0 bridgehead atoms. The predicted molar refractivity (Wildman–Crippen MR) is 52.6 cm³/mol. The molecule has 0 heterocycles. The van der Waals surface area contributed by atoms with Crippen molar-refractivity contribution in [3.63, 3.8) is 0 Å². The predicted octanol–water partition coefficient (Wildman–Crippen LogP) is 1.15. The van der Waals surface area contributed by atoms with Crippen LogP contribution >= 0.6 is 0 Å². The van der Waals surface area contributed by atoms with E-state index in [9.17, 15) is 14.9 Å². The molecule has 0 N–H and O–H groups in total. The van der Waals surface area contributed by atoms with Gasteiger partial charge in [0.05, 0.1) is 12.0 Å². The Morgan fingerprint density at radius 1 is 1.53 bits per heavy atom. The molecule has 0 spiro atoms. The van der Waals surface area contributed by atoms with Crippen molar-refractivity contribution in [2.75, 3.05) is 7.11 Å². The minimum atomic E-state index is -0.565. The van der Waals surface area contributed by atoms with Gasteiger partial charge in [0.1, 0.15) is 0 Å². The minimum Gasteiger partial charge on any atom is -0.490 e. The lowest BCUT2D eigenvalue weighted by Crippen LogP contribution is -1.94. The summed E-state index contributed by atoms with van der Waals surface area (Å²) in [6, 6.07) is 4.24. The van der Waals surface area contributed by atoms with E-state index in [2.05, 4.69) is 11.8 Å². The lowest BCUT2D eigenvalue weighted by molar-refractivity contribution is -0.385. The number of aldehydes is 1. The summed E-state index contributed by atoms with van der Waals surface area (Å²) in [5.41, 5.74) is 0.227. The number of carbonyl (C=O) groups excluding carboxylic acids is 1. The van der Waals surface area contributed by atoms with Gasteiger partial charge in [0.15, 0.2) is 12.0 Å². The van der Waals surface area contributed by atoms with Gasteiger partial charge in [-0.1, -0.05) is 5.92 Å². The first-order valence-electron chi connectivity index (χ1n) is 3.96. The molecule has 0 aliphatic carbocycles. The van der Waals surface area contributed by atoms with Crippen LogP contribution in [0.25, 0.3) is 0 Å². The standard InChI is InChI=1S/C10H7NO4/c1-15-10-5-4-8(3-2-6-12)7-9(10)11(13)14/h4-7H,1H3. The van der Waals surface area contributed by atoms with Crippen molar-refractivity contribution < 1.29 is 14.5 Å². The Morgan fingerprint density at radius 2 is 2.27 bits per heavy atom. The highest BCUT2D eigenvalue weighted by atomic mass is 16.6. The molecular weight excluding hydrogens is 198 g/mol. The van der Waals surface area contributed by atoms with Gasteiger partial charge in [-0.05, 0) is 18.1 Å². The number of rotatable bonds is 2. The van der Waals surface area contributed by atoms with E-state index < -0.39 is 4.92 Å². The molecule has 0 unspecified atom stereocenters. The van der Waals surface area contributed by atoms with Crippen LogP contribution in [0.1, 0.15) is 5.56 Å². The van der Waals surface area contributed by atoms with Crippen molar-refractivity contribution in [2.24, 2.45) is 0 Å². The third-order valence-electron chi connectivity index (χ3n) is 1.65. The first-order valence-corrected chi connectivity index (χ1v) is 3.96. The summed E-state index contributed by atoms with van der Waals surface area (Å²) < 4.78 is 4.81. The van der Waals surface area contributed by atoms with Gasteiger partial charge < -0.3 is 4.74 Å². The smallest absolute Gasteiger partial charge is 0.312 e. The van der Waals surface area contributed by atoms with Gasteiger partial charge >= 0.3 is 5.69 Å². The van der Waals surface area contributed by atoms with E-state index in [0.29, 0.717) is 11.8 Å². The van der Waals surface area contributed by atoms with Gasteiger partial charge in [-0.2, -0.15) is 0 Å². The maximum absolute atomic E-state index is 10.6. The number of hydrogen-bond donors (Lipinski definition) is 0. The highest BCUT2D eigenvalue weighted by molar-refractivity contribution is 5.74. The van der Waals surface area contributed by atoms with Crippen molar-refractivity contribution in [2.45, 2.75) is 0 Å². The number of nitro groups is 1. The number of hydrogen-bond acceptors (Lipinski definition) is 4. The zero-order valence-electron chi connectivity index (χ0n) is 7.89. The van der Waals surface area contributed by atoms with Crippen molar-refractivity contribution in [1.82, 2.24) is 0 Å². The average molecular weight is 205 g/mol. The van der Waals surface area contributed by atoms with Gasteiger partial charge in [-0.25, -0.2) is 0 Å². The van der Waals surface area contributed by atoms with Crippen molar-refractivity contribution in [3.05, 3.63) is 33.9 Å². The van der Waals surface area contributed by atoms with E-state index in [1.807, 2.05) is 0 Å². The topological polar surface area (TPSA) is 69.4 Å². The first-order chi connectivity index (χ1) is 7.19. The summed E-state index contributed by atoms with van der Waals surface area (Å²) in [5.74, 6) is 4.80. The Kier molecular flexibility index (Phi) is 3.41. The van der Waals surface area contributed by atoms with Crippen LogP contribution in [0.2, 0.25) is 0 Å². The molecule has 0 aromatic heterocycles. The van der Waals surface area contributed by atoms with Crippen LogP contribution < -0.4 is 4.74 Å². The molecule has 76 valence electrons. The number of nitro benzene ring substituents is 1. The van der Waals surface area contributed by atoms with E-state index in [1.54, 1.807) is 6.07 Å². The van der Waals surface area contributed by atoms with Crippen LogP contribution in [0.3, 0.4) is 0 Å². The lowest BCUT2D eigenvalue weighted by Gasteiger charge is -2.00. The van der Waals surface area contributed by atoms with Gasteiger partial charge in [0, 0.05) is 11.6 Å². The molecule has 0 atom stereocenters. The second-order valence-electron chi connectivity index (χ2n) is 2.53. The molecular formula is C10H7NO4. The number of ether oxygens (including phenoxy) is 1. The molecule has 0 aliphatic rings. The number of benzene rings is 1. The van der Waals surface area contributed by atoms with Gasteiger partial charge in [0.2, 0.25) is 0 Å². The SMILES string of the molecule is COc1ccc(C#CC=O)cc1[N+](=O)[O-]. The van der Waals surface area contributed by atoms with Crippen LogP contribution in [-0.2, 0) is 4.79 Å². The molecule has 0 aliphatic heterocycles. The van der Waals surface area contributed by atoms with Crippen LogP contribution in [0.15, 0.2) is 18.2 Å². The number of nitrogens with zero attached hydrogens (tertiary/aromatic N) is 1. The van der Waals surface area contributed by atoms with E-state index in [0.717, 1.165) is 0 Å². The molecule has 0 radical (unpaired) electrons. The van der Waals surface area contributed by atoms with E-state index in [-0.39, 0.29) is 11.4 Å². The molecule has 0 saturated heterocycles. The number of carbonyl (C=O) groups is 1. The Morgan fingerprint density at radius 3 is 2.80 bits per heavy atom. The largest absolute Gasteiger partial charge is 0.490 e. The van der Waals surface area contributed by atoms with Crippen molar-refractivity contribution in [3.8, 4) is 17.6 Å². The average Bonchev–Trinajstić information content (AvgIpc) is 2.25. The van der Waals surface area contributed by atoms with Crippen LogP contribution in [0.4, 0.5) is 5.69 Å². The fourth-order valence-electron chi connectivity index (χ4n) is 1.02. The molecule has 1 aromatic carbocycles. The zero-order chi connectivity index (χ0) is 11.3. The molecule has 0 fully saturated rings. The van der Waals surface area contributed by atoms with E-state index >= 15 is 0 Å². The summed E-state index contributed by atoms with van der Waals surface area (Å²) in [6.07, 6.45) is 0.427. The Labute approximate surface area is 85.8 Å². The van der Waals surface area contributed by atoms with Crippen molar-refractivity contribution in [1.29, 1.82) is 0 Å². The number of methoxy groups -OCH3 is 1. The Balaban J connectivity index is 3.21. The molecule has 1 rings (SSSR count). The Bertz CT molecular complexity index is 456. The lowest BCUT2D eigenvalue weighted by atomic mass is 10.2. The van der Waals surface area contributed by atoms with E-state index in [4.69, 9.17) is 4.74 Å². The van der Waals surface area contributed by atoms with E-state index in [1.165, 1.54) is 19.2 Å². The van der Waals surface area contributed by atoms with Gasteiger partial charge in [-0.3, -0.25) is 14.9 Å². The fraction of sp³-hybridized carbons (Fsp3) is 0.100. The normalized spacial score (nSPS) is 8.60. The summed E-state index contributed by atoms with van der Waals surface area (Å²) in [6.45, 7) is 0. The second kappa shape index (κ2) is 4.77. The molecule has 0 saturated carbocycles.